The largest absolute Gasteiger partial charge is 0.489 e. The predicted molar refractivity (Wildman–Crippen MR) is 91.1 cm³/mol. The fraction of sp³-hybridized carbons (Fsp3) is 0.278. The van der Waals surface area contributed by atoms with Gasteiger partial charge in [0.05, 0.1) is 6.54 Å². The van der Waals surface area contributed by atoms with E-state index < -0.39 is 0 Å². The summed E-state index contributed by atoms with van der Waals surface area (Å²) in [6.45, 7) is 2.65. The molecule has 0 bridgehead atoms. The number of ether oxygens (including phenoxy) is 1. The van der Waals surface area contributed by atoms with E-state index in [0.717, 1.165) is 0 Å². The maximum absolute atomic E-state index is 13.6. The Morgan fingerprint density at radius 1 is 1.12 bits per heavy atom. The van der Waals surface area contributed by atoms with Crippen LogP contribution in [0.2, 0.25) is 0 Å². The van der Waals surface area contributed by atoms with Gasteiger partial charge in [0.2, 0.25) is 0 Å². The second kappa shape index (κ2) is 8.86. The Bertz CT molecular complexity index is 691. The molecule has 128 valence electrons. The summed E-state index contributed by atoms with van der Waals surface area (Å²) in [7, 11) is 1.63. The van der Waals surface area contributed by atoms with Crippen molar-refractivity contribution in [3.05, 3.63) is 65.7 Å². The highest BCUT2D eigenvalue weighted by Gasteiger charge is 2.07. The molecule has 0 fully saturated rings. The average Bonchev–Trinajstić information content (AvgIpc) is 2.56. The van der Waals surface area contributed by atoms with Crippen molar-refractivity contribution >= 4 is 5.96 Å². The van der Waals surface area contributed by atoms with Gasteiger partial charge in [-0.3, -0.25) is 4.99 Å². The Kier molecular flexibility index (Phi) is 6.54. The zero-order valence-corrected chi connectivity index (χ0v) is 13.7. The average molecular weight is 333 g/mol. The highest BCUT2D eigenvalue weighted by atomic mass is 19.1. The molecule has 1 unspecified atom stereocenters. The van der Waals surface area contributed by atoms with Crippen LogP contribution in [0.5, 0.6) is 5.75 Å². The third kappa shape index (κ3) is 5.53. The maximum Gasteiger partial charge on any atom is 0.191 e. The molecule has 0 aromatic heterocycles. The maximum atomic E-state index is 13.6. The normalized spacial score (nSPS) is 12.6. The summed E-state index contributed by atoms with van der Waals surface area (Å²) < 4.78 is 32.3. The smallest absolute Gasteiger partial charge is 0.191 e. The van der Waals surface area contributed by atoms with E-state index in [0.29, 0.717) is 30.4 Å². The Balaban J connectivity index is 1.79. The lowest BCUT2D eigenvalue weighted by Gasteiger charge is -2.18. The summed E-state index contributed by atoms with van der Waals surface area (Å²) in [6, 6.07) is 12.6. The van der Waals surface area contributed by atoms with E-state index in [1.165, 1.54) is 18.2 Å². The van der Waals surface area contributed by atoms with Gasteiger partial charge in [0.15, 0.2) is 5.96 Å². The summed E-state index contributed by atoms with van der Waals surface area (Å²) >= 11 is 0. The van der Waals surface area contributed by atoms with E-state index in [-0.39, 0.29) is 17.7 Å². The number of benzene rings is 2. The number of guanidine groups is 1. The van der Waals surface area contributed by atoms with Gasteiger partial charge in [-0.05, 0) is 25.1 Å². The minimum atomic E-state index is -0.338. The lowest BCUT2D eigenvalue weighted by Crippen LogP contribution is -2.41. The molecule has 0 radical (unpaired) electrons. The molecule has 2 N–H and O–H groups in total. The minimum Gasteiger partial charge on any atom is -0.489 e. The first-order valence-electron chi connectivity index (χ1n) is 7.68. The number of rotatable bonds is 6. The van der Waals surface area contributed by atoms with Crippen LogP contribution in [0.4, 0.5) is 8.78 Å². The molecule has 4 nitrogen and oxygen atoms in total. The first-order chi connectivity index (χ1) is 11.6. The molecule has 24 heavy (non-hydrogen) atoms. The van der Waals surface area contributed by atoms with Crippen molar-refractivity contribution in [1.29, 1.82) is 0 Å². The quantitative estimate of drug-likeness (QED) is 0.631. The molecular formula is C18H21F2N3O. The highest BCUT2D eigenvalue weighted by Crippen LogP contribution is 2.13. The van der Waals surface area contributed by atoms with Crippen LogP contribution in [0.25, 0.3) is 0 Å². The van der Waals surface area contributed by atoms with Gasteiger partial charge in [0.25, 0.3) is 0 Å². The highest BCUT2D eigenvalue weighted by molar-refractivity contribution is 5.79. The summed E-state index contributed by atoms with van der Waals surface area (Å²) in [5.41, 5.74) is 0.560. The third-order valence-corrected chi connectivity index (χ3v) is 3.32. The molecule has 0 aliphatic carbocycles. The number of nitrogens with zero attached hydrogens (tertiary/aromatic N) is 1. The van der Waals surface area contributed by atoms with Gasteiger partial charge in [0.1, 0.15) is 23.5 Å². The van der Waals surface area contributed by atoms with Crippen LogP contribution in [0.1, 0.15) is 12.5 Å². The van der Waals surface area contributed by atoms with Gasteiger partial charge in [-0.25, -0.2) is 8.78 Å². The first kappa shape index (κ1) is 17.7. The molecule has 2 aromatic carbocycles. The monoisotopic (exact) mass is 333 g/mol. The molecule has 0 spiro atoms. The Hall–Kier alpha value is -2.63. The minimum absolute atomic E-state index is 0.196. The SMILES string of the molecule is CN=C(NCc1ccccc1F)NCC(C)Oc1cccc(F)c1. The van der Waals surface area contributed by atoms with E-state index >= 15 is 0 Å². The molecule has 0 heterocycles. The summed E-state index contributed by atoms with van der Waals surface area (Å²) in [5, 5.41) is 6.13. The predicted octanol–water partition coefficient (Wildman–Crippen LogP) is 3.10. The van der Waals surface area contributed by atoms with Crippen LogP contribution in [-0.2, 0) is 6.54 Å². The van der Waals surface area contributed by atoms with Crippen LogP contribution in [0.3, 0.4) is 0 Å². The zero-order chi connectivity index (χ0) is 17.4. The molecular weight excluding hydrogens is 312 g/mol. The van der Waals surface area contributed by atoms with Crippen molar-refractivity contribution in [1.82, 2.24) is 10.6 Å². The number of halogens is 2. The van der Waals surface area contributed by atoms with Gasteiger partial charge in [0, 0.05) is 25.2 Å². The molecule has 2 rings (SSSR count). The molecule has 0 saturated carbocycles. The van der Waals surface area contributed by atoms with E-state index in [4.69, 9.17) is 4.74 Å². The lowest BCUT2D eigenvalue weighted by molar-refractivity contribution is 0.223. The van der Waals surface area contributed by atoms with E-state index in [9.17, 15) is 8.78 Å². The van der Waals surface area contributed by atoms with Crippen LogP contribution in [0, 0.1) is 11.6 Å². The van der Waals surface area contributed by atoms with Crippen molar-refractivity contribution in [2.45, 2.75) is 19.6 Å². The molecule has 1 atom stereocenters. The van der Waals surface area contributed by atoms with Crippen molar-refractivity contribution in [2.75, 3.05) is 13.6 Å². The second-order valence-electron chi connectivity index (χ2n) is 5.28. The summed E-state index contributed by atoms with van der Waals surface area (Å²) in [5.74, 6) is 0.407. The van der Waals surface area contributed by atoms with Crippen LogP contribution >= 0.6 is 0 Å². The van der Waals surface area contributed by atoms with Gasteiger partial charge in [-0.15, -0.1) is 0 Å². The molecule has 0 amide bonds. The zero-order valence-electron chi connectivity index (χ0n) is 13.7. The van der Waals surface area contributed by atoms with E-state index in [2.05, 4.69) is 15.6 Å². The van der Waals surface area contributed by atoms with Crippen molar-refractivity contribution < 1.29 is 13.5 Å². The van der Waals surface area contributed by atoms with Crippen molar-refractivity contribution in [3.63, 3.8) is 0 Å². The van der Waals surface area contributed by atoms with Crippen molar-refractivity contribution in [3.8, 4) is 5.75 Å². The number of aliphatic imine (C=N–C) groups is 1. The Morgan fingerprint density at radius 2 is 1.92 bits per heavy atom. The standard InChI is InChI=1S/C18H21F2N3O/c1-13(24-16-8-5-7-15(19)10-16)11-22-18(21-2)23-12-14-6-3-4-9-17(14)20/h3-10,13H,11-12H2,1-2H3,(H2,21,22,23). The fourth-order valence-corrected chi connectivity index (χ4v) is 2.10. The number of hydrogen-bond donors (Lipinski definition) is 2. The molecule has 2 aromatic rings. The second-order valence-corrected chi connectivity index (χ2v) is 5.28. The fourth-order valence-electron chi connectivity index (χ4n) is 2.10. The Morgan fingerprint density at radius 3 is 2.62 bits per heavy atom. The molecule has 6 heteroatoms. The van der Waals surface area contributed by atoms with Crippen LogP contribution in [0.15, 0.2) is 53.5 Å². The van der Waals surface area contributed by atoms with Gasteiger partial charge < -0.3 is 15.4 Å². The summed E-state index contributed by atoms with van der Waals surface area (Å²) in [6.07, 6.45) is -0.196. The van der Waals surface area contributed by atoms with E-state index in [1.807, 2.05) is 6.92 Å². The third-order valence-electron chi connectivity index (χ3n) is 3.32. The Labute approximate surface area is 140 Å². The summed E-state index contributed by atoms with van der Waals surface area (Å²) in [4.78, 5) is 4.08. The number of nitrogens with one attached hydrogen (secondary N) is 2. The first-order valence-corrected chi connectivity index (χ1v) is 7.68. The van der Waals surface area contributed by atoms with Gasteiger partial charge in [-0.1, -0.05) is 24.3 Å². The van der Waals surface area contributed by atoms with Crippen molar-refractivity contribution in [2.24, 2.45) is 4.99 Å². The molecule has 0 aliphatic rings. The topological polar surface area (TPSA) is 45.7 Å². The van der Waals surface area contributed by atoms with Crippen LogP contribution < -0.4 is 15.4 Å². The van der Waals surface area contributed by atoms with Gasteiger partial charge in [-0.2, -0.15) is 0 Å². The van der Waals surface area contributed by atoms with Gasteiger partial charge >= 0.3 is 0 Å². The molecule has 0 aliphatic heterocycles. The number of hydrogen-bond acceptors (Lipinski definition) is 2. The van der Waals surface area contributed by atoms with Crippen LogP contribution in [-0.4, -0.2) is 25.7 Å². The van der Waals surface area contributed by atoms with E-state index in [1.54, 1.807) is 37.4 Å². The lowest BCUT2D eigenvalue weighted by atomic mass is 10.2. The molecule has 0 saturated heterocycles.